The highest BCUT2D eigenvalue weighted by atomic mass is 19.4. The van der Waals surface area contributed by atoms with Gasteiger partial charge in [-0.3, -0.25) is 4.79 Å². The smallest absolute Gasteiger partial charge is 0.341 e. The van der Waals surface area contributed by atoms with Gasteiger partial charge in [-0.05, 0) is 12.8 Å². The lowest BCUT2D eigenvalue weighted by Crippen LogP contribution is -2.52. The maximum absolute atomic E-state index is 12.2. The van der Waals surface area contributed by atoms with Crippen molar-refractivity contribution in [2.75, 3.05) is 7.05 Å². The number of amides is 1. The zero-order valence-electron chi connectivity index (χ0n) is 8.55. The van der Waals surface area contributed by atoms with Crippen molar-refractivity contribution in [3.05, 3.63) is 0 Å². The molecule has 0 heterocycles. The summed E-state index contributed by atoms with van der Waals surface area (Å²) in [6.07, 6.45) is -1.18. The third-order valence-corrected chi connectivity index (χ3v) is 2.84. The molecule has 1 rings (SSSR count). The molecule has 1 fully saturated rings. The van der Waals surface area contributed by atoms with E-state index < -0.39 is 18.1 Å². The Morgan fingerprint density at radius 1 is 1.40 bits per heavy atom. The number of nitrogens with two attached hydrogens (primary N) is 1. The second-order valence-electron chi connectivity index (χ2n) is 3.91. The first-order valence-electron chi connectivity index (χ1n) is 4.93. The Labute approximate surface area is 86.4 Å². The van der Waals surface area contributed by atoms with Crippen LogP contribution in [0.25, 0.3) is 0 Å². The predicted molar refractivity (Wildman–Crippen MR) is 49.1 cm³/mol. The van der Waals surface area contributed by atoms with Crippen LogP contribution in [0.3, 0.4) is 0 Å². The van der Waals surface area contributed by atoms with Gasteiger partial charge in [-0.15, -0.1) is 0 Å². The van der Waals surface area contributed by atoms with Crippen molar-refractivity contribution in [3.63, 3.8) is 0 Å². The minimum absolute atomic E-state index is 0.0779. The van der Waals surface area contributed by atoms with Crippen LogP contribution in [0.5, 0.6) is 0 Å². The highest BCUT2D eigenvalue weighted by Gasteiger charge is 2.44. The molecule has 0 aromatic rings. The average Bonchev–Trinajstić information content (AvgIpc) is 2.65. The summed E-state index contributed by atoms with van der Waals surface area (Å²) in [5.74, 6) is -1.03. The number of nitrogens with zero attached hydrogens (tertiary/aromatic N) is 1. The molecule has 2 N–H and O–H groups in total. The Bertz CT molecular complexity index is 236. The Morgan fingerprint density at radius 2 is 1.87 bits per heavy atom. The molecule has 3 nitrogen and oxygen atoms in total. The summed E-state index contributed by atoms with van der Waals surface area (Å²) in [6.45, 7) is 0. The normalized spacial score (nSPS) is 20.3. The van der Waals surface area contributed by atoms with Gasteiger partial charge in [-0.1, -0.05) is 12.8 Å². The van der Waals surface area contributed by atoms with Gasteiger partial charge in [-0.25, -0.2) is 0 Å². The van der Waals surface area contributed by atoms with Crippen LogP contribution in [0.15, 0.2) is 0 Å². The molecule has 88 valence electrons. The molecule has 1 amide bonds. The molecule has 15 heavy (non-hydrogen) atoms. The molecule has 1 saturated carbocycles. The standard InChI is InChI=1S/C9H15F3N2O/c1-14(6-4-2-3-5-6)8(15)7(13)9(10,11)12/h6-7H,2-5,13H2,1H3. The van der Waals surface area contributed by atoms with E-state index in [2.05, 4.69) is 0 Å². The number of carbonyl (C=O) groups excluding carboxylic acids is 1. The Balaban J connectivity index is 2.59. The predicted octanol–water partition coefficient (Wildman–Crippen LogP) is 1.28. The molecule has 0 aromatic heterocycles. The fraction of sp³-hybridized carbons (Fsp3) is 0.889. The minimum Gasteiger partial charge on any atom is -0.341 e. The van der Waals surface area contributed by atoms with Crippen LogP contribution < -0.4 is 5.73 Å². The molecule has 0 aromatic carbocycles. The summed E-state index contributed by atoms with van der Waals surface area (Å²) in [5.41, 5.74) is 4.85. The van der Waals surface area contributed by atoms with Gasteiger partial charge in [0.25, 0.3) is 0 Å². The highest BCUT2D eigenvalue weighted by molar-refractivity contribution is 5.82. The molecule has 1 aliphatic rings. The van der Waals surface area contributed by atoms with E-state index in [0.29, 0.717) is 0 Å². The van der Waals surface area contributed by atoms with Crippen LogP contribution in [0, 0.1) is 0 Å². The van der Waals surface area contributed by atoms with Gasteiger partial charge in [0.05, 0.1) is 0 Å². The van der Waals surface area contributed by atoms with Gasteiger partial charge in [0.2, 0.25) is 5.91 Å². The zero-order valence-corrected chi connectivity index (χ0v) is 8.55. The number of hydrogen-bond donors (Lipinski definition) is 1. The summed E-state index contributed by atoms with van der Waals surface area (Å²) in [7, 11) is 1.39. The van der Waals surface area contributed by atoms with E-state index in [9.17, 15) is 18.0 Å². The molecule has 0 bridgehead atoms. The first-order chi connectivity index (χ1) is 6.84. The quantitative estimate of drug-likeness (QED) is 0.768. The maximum Gasteiger partial charge on any atom is 0.412 e. The van der Waals surface area contributed by atoms with Gasteiger partial charge in [0.1, 0.15) is 0 Å². The van der Waals surface area contributed by atoms with E-state index in [4.69, 9.17) is 5.73 Å². The molecule has 6 heteroatoms. The molecule has 0 saturated heterocycles. The SMILES string of the molecule is CN(C(=O)C(N)C(F)(F)F)C1CCCC1. The Morgan fingerprint density at radius 3 is 2.27 bits per heavy atom. The monoisotopic (exact) mass is 224 g/mol. The van der Waals surface area contributed by atoms with Crippen molar-refractivity contribution in [1.29, 1.82) is 0 Å². The first-order valence-corrected chi connectivity index (χ1v) is 4.93. The van der Waals surface area contributed by atoms with Crippen LogP contribution in [0.1, 0.15) is 25.7 Å². The van der Waals surface area contributed by atoms with Crippen molar-refractivity contribution in [2.45, 2.75) is 43.9 Å². The lowest BCUT2D eigenvalue weighted by atomic mass is 10.2. The number of hydrogen-bond acceptors (Lipinski definition) is 2. The van der Waals surface area contributed by atoms with E-state index in [-0.39, 0.29) is 6.04 Å². The summed E-state index contributed by atoms with van der Waals surface area (Å²) in [4.78, 5) is 12.5. The zero-order chi connectivity index (χ0) is 11.6. The third-order valence-electron chi connectivity index (χ3n) is 2.84. The topological polar surface area (TPSA) is 46.3 Å². The van der Waals surface area contributed by atoms with Crippen molar-refractivity contribution in [3.8, 4) is 0 Å². The summed E-state index contributed by atoms with van der Waals surface area (Å²) < 4.78 is 36.5. The largest absolute Gasteiger partial charge is 0.412 e. The van der Waals surface area contributed by atoms with E-state index in [1.807, 2.05) is 0 Å². The molecular formula is C9H15F3N2O. The average molecular weight is 224 g/mol. The van der Waals surface area contributed by atoms with Gasteiger partial charge in [0, 0.05) is 13.1 Å². The second-order valence-corrected chi connectivity index (χ2v) is 3.91. The third kappa shape index (κ3) is 2.84. The lowest BCUT2D eigenvalue weighted by Gasteiger charge is -2.27. The van der Waals surface area contributed by atoms with E-state index in [1.54, 1.807) is 0 Å². The van der Waals surface area contributed by atoms with Crippen molar-refractivity contribution in [1.82, 2.24) is 4.90 Å². The summed E-state index contributed by atoms with van der Waals surface area (Å²) >= 11 is 0. The summed E-state index contributed by atoms with van der Waals surface area (Å²) in [5, 5.41) is 0. The van der Waals surface area contributed by atoms with Crippen LogP contribution in [0.2, 0.25) is 0 Å². The van der Waals surface area contributed by atoms with Crippen LogP contribution >= 0.6 is 0 Å². The van der Waals surface area contributed by atoms with Crippen LogP contribution in [-0.4, -0.2) is 36.1 Å². The van der Waals surface area contributed by atoms with Crippen LogP contribution in [-0.2, 0) is 4.79 Å². The van der Waals surface area contributed by atoms with Gasteiger partial charge in [-0.2, -0.15) is 13.2 Å². The fourth-order valence-corrected chi connectivity index (χ4v) is 1.83. The number of rotatable bonds is 2. The molecule has 1 unspecified atom stereocenters. The Kier molecular flexibility index (Phi) is 3.59. The van der Waals surface area contributed by atoms with Crippen molar-refractivity contribution in [2.24, 2.45) is 5.73 Å². The molecule has 0 radical (unpaired) electrons. The molecule has 1 atom stereocenters. The molecule has 0 spiro atoms. The van der Waals surface area contributed by atoms with Gasteiger partial charge >= 0.3 is 6.18 Å². The molecule has 0 aliphatic heterocycles. The number of likely N-dealkylation sites (N-methyl/N-ethyl adjacent to an activating group) is 1. The number of carbonyl (C=O) groups is 1. The molecule has 1 aliphatic carbocycles. The van der Waals surface area contributed by atoms with Crippen molar-refractivity contribution >= 4 is 5.91 Å². The lowest BCUT2D eigenvalue weighted by molar-refractivity contribution is -0.170. The Hall–Kier alpha value is -0.780. The minimum atomic E-state index is -4.65. The number of alkyl halides is 3. The second kappa shape index (κ2) is 4.38. The van der Waals surface area contributed by atoms with Crippen molar-refractivity contribution < 1.29 is 18.0 Å². The van der Waals surface area contributed by atoms with Gasteiger partial charge in [0.15, 0.2) is 6.04 Å². The number of halogens is 3. The maximum atomic E-state index is 12.2. The van der Waals surface area contributed by atoms with E-state index in [1.165, 1.54) is 7.05 Å². The fourth-order valence-electron chi connectivity index (χ4n) is 1.83. The molecular weight excluding hydrogens is 209 g/mol. The highest BCUT2D eigenvalue weighted by Crippen LogP contribution is 2.25. The first kappa shape index (κ1) is 12.3. The van der Waals surface area contributed by atoms with E-state index >= 15 is 0 Å². The van der Waals surface area contributed by atoms with Gasteiger partial charge < -0.3 is 10.6 Å². The van der Waals surface area contributed by atoms with Crippen LogP contribution in [0.4, 0.5) is 13.2 Å². The summed E-state index contributed by atoms with van der Waals surface area (Å²) in [6, 6.07) is -2.46. The van der Waals surface area contributed by atoms with E-state index in [0.717, 1.165) is 30.6 Å².